The Labute approximate surface area is 150 Å². The predicted molar refractivity (Wildman–Crippen MR) is 103 cm³/mol. The van der Waals surface area contributed by atoms with Crippen molar-refractivity contribution in [3.8, 4) is 5.75 Å². The first-order valence-corrected chi connectivity index (χ1v) is 8.95. The number of unbranched alkanes of at least 4 members (excludes halogenated alkanes) is 2. The smallest absolute Gasteiger partial charge is 0.116 e. The van der Waals surface area contributed by atoms with E-state index in [-0.39, 0.29) is 18.5 Å². The van der Waals surface area contributed by atoms with Crippen LogP contribution in [0.4, 0.5) is 0 Å². The van der Waals surface area contributed by atoms with Crippen LogP contribution in [0.5, 0.6) is 5.75 Å². The molecule has 0 aliphatic carbocycles. The SMILES string of the molecule is CC(O)CCCCCc1cccc(C=Cc2cc(O)cc(CO)c2)c1. The van der Waals surface area contributed by atoms with E-state index < -0.39 is 0 Å². The molecule has 0 fully saturated rings. The summed E-state index contributed by atoms with van der Waals surface area (Å²) in [5, 5.41) is 28.2. The number of hydrogen-bond donors (Lipinski definition) is 3. The predicted octanol–water partition coefficient (Wildman–Crippen LogP) is 4.54. The van der Waals surface area contributed by atoms with Gasteiger partial charge in [0.05, 0.1) is 12.7 Å². The monoisotopic (exact) mass is 340 g/mol. The highest BCUT2D eigenvalue weighted by atomic mass is 16.3. The summed E-state index contributed by atoms with van der Waals surface area (Å²) in [5.74, 6) is 0.164. The second-order valence-corrected chi connectivity index (χ2v) is 6.62. The molecule has 1 unspecified atom stereocenters. The summed E-state index contributed by atoms with van der Waals surface area (Å²) in [5.41, 5.74) is 4.00. The van der Waals surface area contributed by atoms with Crippen LogP contribution in [0.25, 0.3) is 12.2 Å². The van der Waals surface area contributed by atoms with Crippen LogP contribution in [0.15, 0.2) is 42.5 Å². The third kappa shape index (κ3) is 7.12. The van der Waals surface area contributed by atoms with Crippen LogP contribution in [-0.4, -0.2) is 21.4 Å². The fraction of sp³-hybridized carbons (Fsp3) is 0.364. The number of aryl methyl sites for hydroxylation is 1. The van der Waals surface area contributed by atoms with E-state index >= 15 is 0 Å². The molecule has 0 heterocycles. The summed E-state index contributed by atoms with van der Waals surface area (Å²) < 4.78 is 0. The molecule has 3 N–H and O–H groups in total. The van der Waals surface area contributed by atoms with Crippen LogP contribution in [0, 0.1) is 0 Å². The van der Waals surface area contributed by atoms with E-state index in [4.69, 9.17) is 0 Å². The van der Waals surface area contributed by atoms with Crippen LogP contribution in [0.3, 0.4) is 0 Å². The van der Waals surface area contributed by atoms with Crippen LogP contribution in [0.2, 0.25) is 0 Å². The summed E-state index contributed by atoms with van der Waals surface area (Å²) in [4.78, 5) is 0. The minimum absolute atomic E-state index is 0.0835. The normalized spacial score (nSPS) is 12.6. The molecule has 1 atom stereocenters. The van der Waals surface area contributed by atoms with Crippen molar-refractivity contribution in [1.29, 1.82) is 0 Å². The second-order valence-electron chi connectivity index (χ2n) is 6.62. The Bertz CT molecular complexity index is 689. The van der Waals surface area contributed by atoms with Gasteiger partial charge >= 0.3 is 0 Å². The molecule has 0 saturated carbocycles. The van der Waals surface area contributed by atoms with Crippen molar-refractivity contribution < 1.29 is 15.3 Å². The van der Waals surface area contributed by atoms with Gasteiger partial charge in [0.1, 0.15) is 5.75 Å². The third-order valence-corrected chi connectivity index (χ3v) is 4.19. The van der Waals surface area contributed by atoms with Gasteiger partial charge in [0, 0.05) is 0 Å². The van der Waals surface area contributed by atoms with Crippen molar-refractivity contribution in [2.75, 3.05) is 0 Å². The van der Waals surface area contributed by atoms with Gasteiger partial charge in [0.25, 0.3) is 0 Å². The zero-order valence-electron chi connectivity index (χ0n) is 14.9. The zero-order valence-corrected chi connectivity index (χ0v) is 14.9. The van der Waals surface area contributed by atoms with Crippen LogP contribution >= 0.6 is 0 Å². The van der Waals surface area contributed by atoms with Gasteiger partial charge in [-0.1, -0.05) is 49.3 Å². The summed E-state index contributed by atoms with van der Waals surface area (Å²) in [6.45, 7) is 1.76. The molecule has 2 aromatic carbocycles. The molecule has 2 aromatic rings. The summed E-state index contributed by atoms with van der Waals surface area (Å²) >= 11 is 0. The van der Waals surface area contributed by atoms with Crippen LogP contribution in [0.1, 0.15) is 54.9 Å². The van der Waals surface area contributed by atoms with Crippen molar-refractivity contribution in [2.24, 2.45) is 0 Å². The van der Waals surface area contributed by atoms with Gasteiger partial charge in [-0.2, -0.15) is 0 Å². The van der Waals surface area contributed by atoms with Gasteiger partial charge in [0.15, 0.2) is 0 Å². The molecular formula is C22H28O3. The van der Waals surface area contributed by atoms with E-state index in [1.54, 1.807) is 12.1 Å². The van der Waals surface area contributed by atoms with Gasteiger partial charge < -0.3 is 15.3 Å². The zero-order chi connectivity index (χ0) is 18.1. The molecule has 0 spiro atoms. The molecule has 25 heavy (non-hydrogen) atoms. The lowest BCUT2D eigenvalue weighted by molar-refractivity contribution is 0.180. The Morgan fingerprint density at radius 1 is 0.920 bits per heavy atom. The first kappa shape index (κ1) is 19.2. The maximum absolute atomic E-state index is 9.68. The number of hydrogen-bond acceptors (Lipinski definition) is 3. The largest absolute Gasteiger partial charge is 0.508 e. The van der Waals surface area contributed by atoms with E-state index in [9.17, 15) is 15.3 Å². The van der Waals surface area contributed by atoms with Crippen molar-refractivity contribution in [1.82, 2.24) is 0 Å². The molecule has 3 heteroatoms. The van der Waals surface area contributed by atoms with Crippen LogP contribution in [-0.2, 0) is 13.0 Å². The summed E-state index contributed by atoms with van der Waals surface area (Å²) in [7, 11) is 0. The fourth-order valence-electron chi connectivity index (χ4n) is 2.88. The molecule has 0 amide bonds. The van der Waals surface area contributed by atoms with Crippen LogP contribution < -0.4 is 0 Å². The first-order valence-electron chi connectivity index (χ1n) is 8.95. The summed E-state index contributed by atoms with van der Waals surface area (Å²) in [6.07, 6.45) is 9.03. The van der Waals surface area contributed by atoms with Gasteiger partial charge in [-0.25, -0.2) is 0 Å². The molecule has 0 aromatic heterocycles. The quantitative estimate of drug-likeness (QED) is 0.464. The molecule has 3 nitrogen and oxygen atoms in total. The van der Waals surface area contributed by atoms with Crippen molar-refractivity contribution in [2.45, 2.75) is 51.7 Å². The van der Waals surface area contributed by atoms with E-state index in [0.717, 1.165) is 43.2 Å². The average Bonchev–Trinajstić information content (AvgIpc) is 2.59. The van der Waals surface area contributed by atoms with Gasteiger partial charge in [0.2, 0.25) is 0 Å². The Kier molecular flexibility index (Phi) is 7.71. The molecule has 0 radical (unpaired) electrons. The molecule has 0 saturated heterocycles. The number of rotatable bonds is 9. The number of aliphatic hydroxyl groups excluding tert-OH is 2. The third-order valence-electron chi connectivity index (χ3n) is 4.19. The van der Waals surface area contributed by atoms with Gasteiger partial charge in [-0.15, -0.1) is 0 Å². The highest BCUT2D eigenvalue weighted by Crippen LogP contribution is 2.19. The number of phenolic OH excluding ortho intramolecular Hbond substituents is 1. The standard InChI is InChI=1S/C22H28O3/c1-17(24)6-3-2-4-7-18-8-5-9-19(12-18)10-11-20-13-21(16-23)15-22(25)14-20/h5,8-15,17,23-25H,2-4,6-7,16H2,1H3. The number of aromatic hydroxyl groups is 1. The number of benzene rings is 2. The Balaban J connectivity index is 1.93. The second kappa shape index (κ2) is 10.0. The Morgan fingerprint density at radius 2 is 1.68 bits per heavy atom. The summed E-state index contributed by atoms with van der Waals surface area (Å²) in [6, 6.07) is 13.6. The molecule has 134 valence electrons. The number of aliphatic hydroxyl groups is 2. The Hall–Kier alpha value is -2.10. The molecule has 0 bridgehead atoms. The van der Waals surface area contributed by atoms with Crippen molar-refractivity contribution >= 4 is 12.2 Å². The molecule has 2 rings (SSSR count). The molecule has 0 aliphatic heterocycles. The van der Waals surface area contributed by atoms with E-state index in [1.165, 1.54) is 5.56 Å². The van der Waals surface area contributed by atoms with E-state index in [0.29, 0.717) is 5.56 Å². The average molecular weight is 340 g/mol. The van der Waals surface area contributed by atoms with Crippen molar-refractivity contribution in [3.05, 3.63) is 64.7 Å². The fourth-order valence-corrected chi connectivity index (χ4v) is 2.88. The Morgan fingerprint density at radius 3 is 2.44 bits per heavy atom. The molecule has 0 aliphatic rings. The first-order chi connectivity index (χ1) is 12.1. The van der Waals surface area contributed by atoms with Gasteiger partial charge in [-0.05, 0) is 66.6 Å². The lowest BCUT2D eigenvalue weighted by Gasteiger charge is -2.05. The van der Waals surface area contributed by atoms with Gasteiger partial charge in [-0.3, -0.25) is 0 Å². The topological polar surface area (TPSA) is 60.7 Å². The van der Waals surface area contributed by atoms with E-state index in [2.05, 4.69) is 24.3 Å². The van der Waals surface area contributed by atoms with E-state index in [1.807, 2.05) is 25.1 Å². The minimum Gasteiger partial charge on any atom is -0.508 e. The van der Waals surface area contributed by atoms with Crippen molar-refractivity contribution in [3.63, 3.8) is 0 Å². The maximum atomic E-state index is 9.68. The highest BCUT2D eigenvalue weighted by molar-refractivity contribution is 5.70. The number of phenols is 1. The highest BCUT2D eigenvalue weighted by Gasteiger charge is 1.99. The lowest BCUT2D eigenvalue weighted by atomic mass is 10.0. The maximum Gasteiger partial charge on any atom is 0.116 e. The minimum atomic E-state index is -0.197. The lowest BCUT2D eigenvalue weighted by Crippen LogP contribution is -1.98. The molecular weight excluding hydrogens is 312 g/mol.